The number of carbonyl (C=O) groups is 1. The van der Waals surface area contributed by atoms with Crippen LogP contribution in [-0.4, -0.2) is 15.6 Å². The Hall–Kier alpha value is -5.82. The Kier molecular flexibility index (Phi) is 18.4. The lowest BCUT2D eigenvalue weighted by Crippen LogP contribution is -2.14. The van der Waals surface area contributed by atoms with Crippen molar-refractivity contribution in [2.75, 3.05) is 0 Å². The molecule has 79 heavy (non-hydrogen) atoms. The first-order chi connectivity index (χ1) is 38.6. The molecular weight excluding hydrogens is 1040 g/mol. The maximum absolute atomic E-state index is 12.2. The maximum atomic E-state index is 12.2. The summed E-state index contributed by atoms with van der Waals surface area (Å²) in [4.78, 5) is 22.5. The zero-order chi connectivity index (χ0) is 55.0. The molecule has 4 nitrogen and oxygen atoms in total. The molecule has 1 aliphatic rings. The largest absolute Gasteiger partial charge is 0.477 e. The van der Waals surface area contributed by atoms with Crippen LogP contribution in [0.4, 0.5) is 0 Å². The van der Waals surface area contributed by atoms with Crippen LogP contribution in [0.5, 0.6) is 0 Å². The van der Waals surface area contributed by atoms with Gasteiger partial charge in [-0.3, -0.25) is 0 Å². The second-order valence-electron chi connectivity index (χ2n) is 22.6. The summed E-state index contributed by atoms with van der Waals surface area (Å²) >= 11 is 7.60. The van der Waals surface area contributed by atoms with Crippen LogP contribution in [-0.2, 0) is 35.9 Å². The van der Waals surface area contributed by atoms with Crippen molar-refractivity contribution in [1.82, 2.24) is 4.57 Å². The summed E-state index contributed by atoms with van der Waals surface area (Å²) < 4.78 is 2.49. The molecule has 0 amide bonds. The SMILES string of the molecule is CCCCCCc1cc(-c2sc(-c3sc(-c4sc(-c5ccc6c(c5)c5cc7c(cc5n6-c5ccccc5)C(C)(C)c5ccccc5-7)cc4CCCCCC)cc3CCCCCC)cc2CCCCCC)sc1/C=C(\C#N)C(=O)O. The minimum absolute atomic E-state index is 0.0959. The quantitative estimate of drug-likeness (QED) is 0.0317. The maximum Gasteiger partial charge on any atom is 0.346 e. The van der Waals surface area contributed by atoms with Gasteiger partial charge in [0.1, 0.15) is 11.6 Å². The summed E-state index contributed by atoms with van der Waals surface area (Å²) in [6.07, 6.45) is 24.7. The van der Waals surface area contributed by atoms with Gasteiger partial charge in [-0.05, 0) is 168 Å². The van der Waals surface area contributed by atoms with E-state index in [0.717, 1.165) is 61.8 Å². The minimum atomic E-state index is -1.17. The van der Waals surface area contributed by atoms with Gasteiger partial charge in [0.2, 0.25) is 0 Å². The molecule has 0 saturated carbocycles. The highest BCUT2D eigenvalue weighted by Gasteiger charge is 2.36. The van der Waals surface area contributed by atoms with E-state index in [0.29, 0.717) is 0 Å². The Labute approximate surface area is 486 Å². The fraction of sp³-hybridized carbons (Fsp3) is 0.380. The van der Waals surface area contributed by atoms with E-state index in [2.05, 4.69) is 155 Å². The highest BCUT2D eigenvalue weighted by Crippen LogP contribution is 2.53. The van der Waals surface area contributed by atoms with Gasteiger partial charge in [-0.25, -0.2) is 4.79 Å². The average Bonchev–Trinajstić information content (AvgIpc) is 4.42. The van der Waals surface area contributed by atoms with Gasteiger partial charge in [0.05, 0.1) is 11.0 Å². The zero-order valence-corrected chi connectivity index (χ0v) is 50.8. The van der Waals surface area contributed by atoms with Crippen LogP contribution in [0.3, 0.4) is 0 Å². The summed E-state index contributed by atoms with van der Waals surface area (Å²) in [5.41, 5.74) is 15.6. The molecule has 1 aliphatic carbocycles. The van der Waals surface area contributed by atoms with Gasteiger partial charge < -0.3 is 9.67 Å². The van der Waals surface area contributed by atoms with Crippen LogP contribution in [0.2, 0.25) is 0 Å². The molecule has 0 spiro atoms. The van der Waals surface area contributed by atoms with Gasteiger partial charge in [0.25, 0.3) is 0 Å². The second kappa shape index (κ2) is 25.7. The molecule has 1 N–H and O–H groups in total. The fourth-order valence-corrected chi connectivity index (χ4v) is 17.4. The van der Waals surface area contributed by atoms with E-state index in [4.69, 9.17) is 0 Å². The van der Waals surface area contributed by atoms with Gasteiger partial charge in [-0.1, -0.05) is 167 Å². The predicted octanol–water partition coefficient (Wildman–Crippen LogP) is 22.5. The van der Waals surface area contributed by atoms with Crippen LogP contribution in [0.15, 0.2) is 115 Å². The first kappa shape index (κ1) is 56.5. The van der Waals surface area contributed by atoms with Crippen LogP contribution < -0.4 is 0 Å². The summed E-state index contributed by atoms with van der Waals surface area (Å²) in [5.74, 6) is -1.17. The zero-order valence-electron chi connectivity index (χ0n) is 47.5. The van der Waals surface area contributed by atoms with Gasteiger partial charge >= 0.3 is 5.97 Å². The Balaban J connectivity index is 1.09. The Morgan fingerprint density at radius 1 is 0.519 bits per heavy atom. The molecule has 10 rings (SSSR count). The Morgan fingerprint density at radius 3 is 1.57 bits per heavy atom. The number of nitriles is 1. The summed E-state index contributed by atoms with van der Waals surface area (Å²) in [5, 5.41) is 22.4. The van der Waals surface area contributed by atoms with Crippen molar-refractivity contribution in [2.45, 2.75) is 175 Å². The van der Waals surface area contributed by atoms with Crippen LogP contribution in [0, 0.1) is 11.3 Å². The van der Waals surface area contributed by atoms with Crippen molar-refractivity contribution in [3.63, 3.8) is 0 Å². The third-order valence-electron chi connectivity index (χ3n) is 16.5. The van der Waals surface area contributed by atoms with Gasteiger partial charge in [-0.2, -0.15) is 5.26 Å². The van der Waals surface area contributed by atoms with E-state index in [9.17, 15) is 15.2 Å². The summed E-state index contributed by atoms with van der Waals surface area (Å²) in [6.45, 7) is 13.9. The average molecular weight is 1120 g/mol. The van der Waals surface area contributed by atoms with Gasteiger partial charge in [-0.15, -0.1) is 45.3 Å². The Morgan fingerprint density at radius 2 is 1.01 bits per heavy atom. The number of para-hydroxylation sites is 1. The number of unbranched alkanes of at least 4 members (excludes halogenated alkanes) is 12. The number of aromatic nitrogens is 1. The molecule has 0 radical (unpaired) electrons. The van der Waals surface area contributed by atoms with Crippen molar-refractivity contribution in [3.05, 3.63) is 153 Å². The van der Waals surface area contributed by atoms with E-state index in [1.807, 2.05) is 40.1 Å². The van der Waals surface area contributed by atoms with Crippen LogP contribution >= 0.6 is 45.3 Å². The lowest BCUT2D eigenvalue weighted by molar-refractivity contribution is -0.132. The molecule has 0 atom stereocenters. The molecule has 8 heteroatoms. The first-order valence-electron chi connectivity index (χ1n) is 29.7. The van der Waals surface area contributed by atoms with E-state index >= 15 is 0 Å². The van der Waals surface area contributed by atoms with Crippen molar-refractivity contribution < 1.29 is 9.90 Å². The lowest BCUT2D eigenvalue weighted by atomic mass is 9.82. The number of nitrogens with zero attached hydrogens (tertiary/aromatic N) is 2. The number of fused-ring (bicyclic) bond motifs is 6. The standard InChI is InChI=1S/C71H78N2O2S4/c1-7-11-15-20-28-47-39-64(76-62(47)43-52(46-72)70(74)75)67-50(30-22-17-13-9-3)41-66(78-67)69-51(31-23-18-14-10-4)42-65(79-69)68-49(29-21-16-12-8-2)40-63(77-68)48-36-37-60-56(38-48)57-44-55-54-34-26-27-35-58(54)71(5,6)59(55)45-61(57)73(60)53-32-24-19-25-33-53/h19,24-27,32-45H,7-18,20-23,28-31H2,1-6H3,(H,74,75)/b52-43+. The van der Waals surface area contributed by atoms with E-state index < -0.39 is 5.97 Å². The number of carboxylic acid groups (broad SMARTS) is 1. The monoisotopic (exact) mass is 1120 g/mol. The predicted molar refractivity (Wildman–Crippen MR) is 344 cm³/mol. The highest BCUT2D eigenvalue weighted by molar-refractivity contribution is 7.29. The molecule has 408 valence electrons. The number of hydrogen-bond donors (Lipinski definition) is 1. The van der Waals surface area contributed by atoms with Gasteiger partial charge in [0, 0.05) is 60.9 Å². The minimum Gasteiger partial charge on any atom is -0.477 e. The summed E-state index contributed by atoms with van der Waals surface area (Å²) in [7, 11) is 0. The fourth-order valence-electron chi connectivity index (χ4n) is 12.2. The number of benzene rings is 4. The number of rotatable bonds is 27. The molecule has 5 aromatic heterocycles. The molecule has 5 heterocycles. The summed E-state index contributed by atoms with van der Waals surface area (Å²) in [6, 6.07) is 44.1. The number of aryl methyl sites for hydroxylation is 4. The normalized spacial score (nSPS) is 12.9. The molecule has 4 aromatic carbocycles. The third-order valence-corrected chi connectivity index (χ3v) is 21.8. The van der Waals surface area contributed by atoms with E-state index in [-0.39, 0.29) is 11.0 Å². The highest BCUT2D eigenvalue weighted by atomic mass is 32.1. The molecule has 0 aliphatic heterocycles. The molecule has 0 fully saturated rings. The van der Waals surface area contributed by atoms with Crippen LogP contribution in [0.1, 0.15) is 183 Å². The molecular formula is C71H78N2O2S4. The van der Waals surface area contributed by atoms with E-state index in [1.165, 1.54) is 183 Å². The Bertz CT molecular complexity index is 3660. The van der Waals surface area contributed by atoms with E-state index in [1.54, 1.807) is 17.4 Å². The van der Waals surface area contributed by atoms with Crippen LogP contribution in [0.25, 0.3) is 84.4 Å². The van der Waals surface area contributed by atoms with Crippen molar-refractivity contribution >= 4 is 79.2 Å². The molecule has 0 unspecified atom stereocenters. The van der Waals surface area contributed by atoms with Gasteiger partial charge in [0.15, 0.2) is 0 Å². The number of carboxylic acids is 1. The van der Waals surface area contributed by atoms with Crippen molar-refractivity contribution in [2.24, 2.45) is 0 Å². The van der Waals surface area contributed by atoms with Crippen molar-refractivity contribution in [3.8, 4) is 62.6 Å². The first-order valence-corrected chi connectivity index (χ1v) is 33.0. The topological polar surface area (TPSA) is 66.0 Å². The van der Waals surface area contributed by atoms with Crippen molar-refractivity contribution in [1.29, 1.82) is 5.26 Å². The third kappa shape index (κ3) is 12.0. The molecule has 0 bridgehead atoms. The smallest absolute Gasteiger partial charge is 0.346 e. The second-order valence-corrected chi connectivity index (χ2v) is 26.8. The number of thiophene rings is 4. The molecule has 9 aromatic rings. The number of hydrogen-bond acceptors (Lipinski definition) is 6. The number of aliphatic carboxylic acids is 1. The molecule has 0 saturated heterocycles. The lowest BCUT2D eigenvalue weighted by Gasteiger charge is -2.21.